The summed E-state index contributed by atoms with van der Waals surface area (Å²) in [6, 6.07) is -0.305. The first-order valence-corrected chi connectivity index (χ1v) is 5.16. The zero-order chi connectivity index (χ0) is 11.3. The molecule has 4 nitrogen and oxygen atoms in total. The second-order valence-corrected chi connectivity index (χ2v) is 4.30. The van der Waals surface area contributed by atoms with E-state index < -0.39 is 5.92 Å². The highest BCUT2D eigenvalue weighted by molar-refractivity contribution is 6.29. The van der Waals surface area contributed by atoms with Crippen molar-refractivity contribution in [2.75, 3.05) is 0 Å². The molecule has 0 bridgehead atoms. The van der Waals surface area contributed by atoms with E-state index in [9.17, 15) is 8.78 Å². The summed E-state index contributed by atoms with van der Waals surface area (Å²) in [4.78, 5) is 8.06. The van der Waals surface area contributed by atoms with Crippen molar-refractivity contribution in [2.45, 2.75) is 24.8 Å². The molecule has 16 heavy (non-hydrogen) atoms. The van der Waals surface area contributed by atoms with Crippen molar-refractivity contribution in [2.24, 2.45) is 0 Å². The van der Waals surface area contributed by atoms with E-state index in [2.05, 4.69) is 15.1 Å². The van der Waals surface area contributed by atoms with Gasteiger partial charge >= 0.3 is 0 Å². The van der Waals surface area contributed by atoms with Gasteiger partial charge in [-0.25, -0.2) is 23.4 Å². The first-order chi connectivity index (χ1) is 7.55. The highest BCUT2D eigenvalue weighted by Gasteiger charge is 2.47. The molecule has 0 radical (unpaired) electrons. The third kappa shape index (κ3) is 1.44. The lowest BCUT2D eigenvalue weighted by Crippen LogP contribution is -2.37. The first kappa shape index (κ1) is 9.89. The van der Waals surface area contributed by atoms with E-state index in [4.69, 9.17) is 11.6 Å². The number of rotatable bonds is 1. The molecule has 0 aromatic carbocycles. The number of halogens is 3. The van der Waals surface area contributed by atoms with Crippen molar-refractivity contribution in [3.05, 3.63) is 17.5 Å². The molecule has 0 amide bonds. The molecule has 7 heteroatoms. The zero-order valence-corrected chi connectivity index (χ0v) is 8.82. The maximum absolute atomic E-state index is 12.8. The summed E-state index contributed by atoms with van der Waals surface area (Å²) < 4.78 is 27.0. The lowest BCUT2D eigenvalue weighted by atomic mass is 9.88. The Kier molecular flexibility index (Phi) is 1.92. The number of fused-ring (bicyclic) bond motifs is 1. The molecule has 0 saturated heterocycles. The van der Waals surface area contributed by atoms with Crippen molar-refractivity contribution in [3.63, 3.8) is 0 Å². The molecule has 0 N–H and O–H groups in total. The van der Waals surface area contributed by atoms with Crippen LogP contribution in [0.25, 0.3) is 11.2 Å². The SMILES string of the molecule is FC1(F)CC(n2ncc3ncc(Cl)nc32)C1. The van der Waals surface area contributed by atoms with Gasteiger partial charge in [0.05, 0.1) is 18.4 Å². The number of hydrogen-bond acceptors (Lipinski definition) is 3. The monoisotopic (exact) mass is 244 g/mol. The van der Waals surface area contributed by atoms with E-state index in [1.54, 1.807) is 0 Å². The quantitative estimate of drug-likeness (QED) is 0.774. The Hall–Kier alpha value is -1.30. The molecule has 0 spiro atoms. The Balaban J connectivity index is 2.02. The fraction of sp³-hybridized carbons (Fsp3) is 0.444. The Morgan fingerprint density at radius 3 is 2.81 bits per heavy atom. The van der Waals surface area contributed by atoms with Gasteiger partial charge in [0, 0.05) is 12.8 Å². The minimum absolute atomic E-state index is 0.196. The van der Waals surface area contributed by atoms with Crippen LogP contribution in [0, 0.1) is 0 Å². The predicted octanol–water partition coefficient (Wildman–Crippen LogP) is 2.45. The van der Waals surface area contributed by atoms with Gasteiger partial charge in [0.25, 0.3) is 5.92 Å². The van der Waals surface area contributed by atoms with E-state index >= 15 is 0 Å². The van der Waals surface area contributed by atoms with Crippen molar-refractivity contribution in [3.8, 4) is 0 Å². The van der Waals surface area contributed by atoms with Gasteiger partial charge in [-0.15, -0.1) is 0 Å². The first-order valence-electron chi connectivity index (χ1n) is 4.79. The highest BCUT2D eigenvalue weighted by atomic mass is 35.5. The van der Waals surface area contributed by atoms with E-state index in [1.807, 2.05) is 0 Å². The lowest BCUT2D eigenvalue weighted by molar-refractivity contribution is -0.106. The third-order valence-electron chi connectivity index (χ3n) is 2.69. The molecule has 2 aromatic heterocycles. The van der Waals surface area contributed by atoms with Gasteiger partial charge < -0.3 is 0 Å². The second-order valence-electron chi connectivity index (χ2n) is 3.91. The van der Waals surface area contributed by atoms with Gasteiger partial charge in [-0.1, -0.05) is 11.6 Å². The van der Waals surface area contributed by atoms with Crippen LogP contribution >= 0.6 is 11.6 Å². The molecule has 2 heterocycles. The van der Waals surface area contributed by atoms with Gasteiger partial charge in [-0.05, 0) is 0 Å². The van der Waals surface area contributed by atoms with Crippen molar-refractivity contribution in [1.29, 1.82) is 0 Å². The molecule has 0 unspecified atom stereocenters. The van der Waals surface area contributed by atoms with Crippen LogP contribution in [-0.2, 0) is 0 Å². The van der Waals surface area contributed by atoms with Gasteiger partial charge in [0.2, 0.25) is 0 Å². The van der Waals surface area contributed by atoms with Gasteiger partial charge in [-0.2, -0.15) is 5.10 Å². The summed E-state index contributed by atoms with van der Waals surface area (Å²) in [5.74, 6) is -2.57. The van der Waals surface area contributed by atoms with Crippen molar-refractivity contribution >= 4 is 22.8 Å². The second kappa shape index (κ2) is 3.10. The number of alkyl halides is 2. The maximum Gasteiger partial charge on any atom is 0.252 e. The van der Waals surface area contributed by atoms with Crippen LogP contribution in [-0.4, -0.2) is 25.7 Å². The summed E-state index contributed by atoms with van der Waals surface area (Å²) in [7, 11) is 0. The molecule has 3 rings (SSSR count). The van der Waals surface area contributed by atoms with Crippen LogP contribution in [0.1, 0.15) is 18.9 Å². The third-order valence-corrected chi connectivity index (χ3v) is 2.87. The van der Waals surface area contributed by atoms with Gasteiger partial charge in [-0.3, -0.25) is 0 Å². The van der Waals surface area contributed by atoms with Crippen LogP contribution in [0.2, 0.25) is 5.15 Å². The number of aromatic nitrogens is 4. The van der Waals surface area contributed by atoms with E-state index in [-0.39, 0.29) is 24.0 Å². The molecule has 0 aliphatic heterocycles. The largest absolute Gasteiger partial charge is 0.252 e. The predicted molar refractivity (Wildman–Crippen MR) is 53.6 cm³/mol. The summed E-state index contributed by atoms with van der Waals surface area (Å²) in [6.07, 6.45) is 2.52. The Labute approximate surface area is 94.2 Å². The average molecular weight is 245 g/mol. The highest BCUT2D eigenvalue weighted by Crippen LogP contribution is 2.45. The van der Waals surface area contributed by atoms with Gasteiger partial charge in [0.1, 0.15) is 10.7 Å². The Morgan fingerprint density at radius 2 is 2.12 bits per heavy atom. The van der Waals surface area contributed by atoms with Crippen molar-refractivity contribution in [1.82, 2.24) is 19.7 Å². The molecule has 0 atom stereocenters. The minimum atomic E-state index is -2.57. The average Bonchev–Trinajstić information content (AvgIpc) is 2.56. The smallest absolute Gasteiger partial charge is 0.248 e. The molecule has 84 valence electrons. The standard InChI is InChI=1S/C9H7ClF2N4/c10-7-4-13-6-3-14-16(8(6)15-7)5-1-9(11,12)2-5/h3-5H,1-2H2. The maximum atomic E-state index is 12.8. The molecule has 2 aromatic rings. The number of hydrogen-bond donors (Lipinski definition) is 0. The minimum Gasteiger partial charge on any atom is -0.248 e. The summed E-state index contributed by atoms with van der Waals surface area (Å²) in [5.41, 5.74) is 1.03. The molecular weight excluding hydrogens is 238 g/mol. The molecule has 1 fully saturated rings. The topological polar surface area (TPSA) is 43.6 Å². The van der Waals surface area contributed by atoms with Crippen LogP contribution < -0.4 is 0 Å². The summed E-state index contributed by atoms with van der Waals surface area (Å²) in [6.45, 7) is 0. The lowest BCUT2D eigenvalue weighted by Gasteiger charge is -2.34. The normalized spacial score (nSPS) is 19.9. The van der Waals surface area contributed by atoms with Crippen LogP contribution in [0.4, 0.5) is 8.78 Å². The van der Waals surface area contributed by atoms with E-state index in [1.165, 1.54) is 17.1 Å². The van der Waals surface area contributed by atoms with Crippen LogP contribution in [0.3, 0.4) is 0 Å². The Morgan fingerprint density at radius 1 is 1.38 bits per heavy atom. The number of nitrogens with zero attached hydrogens (tertiary/aromatic N) is 4. The van der Waals surface area contributed by atoms with E-state index in [0.29, 0.717) is 11.2 Å². The van der Waals surface area contributed by atoms with E-state index in [0.717, 1.165) is 0 Å². The van der Waals surface area contributed by atoms with Crippen LogP contribution in [0.5, 0.6) is 0 Å². The molecule has 1 aliphatic carbocycles. The zero-order valence-electron chi connectivity index (χ0n) is 8.07. The summed E-state index contributed by atoms with van der Waals surface area (Å²) in [5, 5.41) is 4.26. The summed E-state index contributed by atoms with van der Waals surface area (Å²) >= 11 is 5.71. The fourth-order valence-corrected chi connectivity index (χ4v) is 2.00. The Bertz CT molecular complexity index is 545. The fourth-order valence-electron chi connectivity index (χ4n) is 1.87. The van der Waals surface area contributed by atoms with Gasteiger partial charge in [0.15, 0.2) is 5.65 Å². The molecule has 1 saturated carbocycles. The van der Waals surface area contributed by atoms with Crippen molar-refractivity contribution < 1.29 is 8.78 Å². The van der Waals surface area contributed by atoms with Crippen LogP contribution in [0.15, 0.2) is 12.4 Å². The molecular formula is C9H7ClF2N4. The molecule has 1 aliphatic rings.